The van der Waals surface area contributed by atoms with Crippen LogP contribution in [0.3, 0.4) is 0 Å². The average molecular weight is 310 g/mol. The van der Waals surface area contributed by atoms with Crippen LogP contribution in [-0.2, 0) is 11.3 Å². The minimum absolute atomic E-state index is 0.500. The van der Waals surface area contributed by atoms with E-state index in [4.69, 9.17) is 11.6 Å². The van der Waals surface area contributed by atoms with Crippen molar-refractivity contribution in [1.29, 1.82) is 0 Å². The van der Waals surface area contributed by atoms with Crippen molar-refractivity contribution in [1.82, 2.24) is 4.90 Å². The molecule has 0 saturated carbocycles. The van der Waals surface area contributed by atoms with Crippen molar-refractivity contribution in [3.8, 4) is 0 Å². The van der Waals surface area contributed by atoms with Gasteiger partial charge in [-0.25, -0.2) is 0 Å². The van der Waals surface area contributed by atoms with E-state index in [1.54, 1.807) is 0 Å². The van der Waals surface area contributed by atoms with Gasteiger partial charge >= 0.3 is 5.97 Å². The number of aryl methyl sites for hydroxylation is 1. The fraction of sp³-hybridized carbons (Fsp3) is 0.588. The van der Waals surface area contributed by atoms with Crippen LogP contribution in [-0.4, -0.2) is 29.1 Å². The molecule has 1 fully saturated rings. The Balaban J connectivity index is 1.99. The molecule has 1 aliphatic heterocycles. The Morgan fingerprint density at radius 1 is 1.38 bits per heavy atom. The number of piperidine rings is 1. The predicted octanol–water partition coefficient (Wildman–Crippen LogP) is 4.12. The molecule has 0 atom stereocenters. The molecule has 1 N–H and O–H groups in total. The van der Waals surface area contributed by atoms with Crippen LogP contribution >= 0.6 is 11.6 Å². The SMILES string of the molecule is CCCC1(C(=O)O)CCN(Cc2ccc(Cl)cc2C)CC1. The lowest BCUT2D eigenvalue weighted by Gasteiger charge is -2.39. The highest BCUT2D eigenvalue weighted by Gasteiger charge is 2.40. The van der Waals surface area contributed by atoms with Gasteiger partial charge < -0.3 is 5.11 Å². The van der Waals surface area contributed by atoms with Crippen LogP contribution in [0.15, 0.2) is 18.2 Å². The summed E-state index contributed by atoms with van der Waals surface area (Å²) in [5, 5.41) is 10.3. The lowest BCUT2D eigenvalue weighted by atomic mass is 9.75. The molecule has 1 aromatic carbocycles. The highest BCUT2D eigenvalue weighted by molar-refractivity contribution is 6.30. The first-order chi connectivity index (χ1) is 9.97. The number of carbonyl (C=O) groups is 1. The minimum atomic E-state index is -0.619. The first-order valence-electron chi connectivity index (χ1n) is 7.67. The molecule has 1 aromatic rings. The summed E-state index contributed by atoms with van der Waals surface area (Å²) >= 11 is 5.99. The molecule has 3 nitrogen and oxygen atoms in total. The smallest absolute Gasteiger partial charge is 0.309 e. The van der Waals surface area contributed by atoms with Gasteiger partial charge in [0.1, 0.15) is 0 Å². The summed E-state index contributed by atoms with van der Waals surface area (Å²) in [6.07, 6.45) is 3.23. The zero-order chi connectivity index (χ0) is 15.5. The Hall–Kier alpha value is -1.06. The van der Waals surface area contributed by atoms with E-state index in [1.807, 2.05) is 12.1 Å². The van der Waals surface area contributed by atoms with Crippen molar-refractivity contribution in [2.24, 2.45) is 5.41 Å². The topological polar surface area (TPSA) is 40.5 Å². The largest absolute Gasteiger partial charge is 0.481 e. The van der Waals surface area contributed by atoms with Crippen LogP contribution in [0.2, 0.25) is 5.02 Å². The number of hydrogen-bond donors (Lipinski definition) is 1. The summed E-state index contributed by atoms with van der Waals surface area (Å²) in [7, 11) is 0. The number of carboxylic acids is 1. The quantitative estimate of drug-likeness (QED) is 0.889. The number of nitrogens with zero attached hydrogens (tertiary/aromatic N) is 1. The molecule has 0 aromatic heterocycles. The highest BCUT2D eigenvalue weighted by Crippen LogP contribution is 2.37. The summed E-state index contributed by atoms with van der Waals surface area (Å²) in [5.41, 5.74) is 1.98. The van der Waals surface area contributed by atoms with Gasteiger partial charge in [0.25, 0.3) is 0 Å². The number of carboxylic acid groups (broad SMARTS) is 1. The van der Waals surface area contributed by atoms with Crippen LogP contribution in [0.4, 0.5) is 0 Å². The van der Waals surface area contributed by atoms with E-state index in [-0.39, 0.29) is 0 Å². The van der Waals surface area contributed by atoms with Crippen molar-refractivity contribution in [3.63, 3.8) is 0 Å². The normalized spacial score (nSPS) is 18.6. The predicted molar refractivity (Wildman–Crippen MR) is 85.7 cm³/mol. The first-order valence-corrected chi connectivity index (χ1v) is 8.05. The van der Waals surface area contributed by atoms with Gasteiger partial charge in [0.15, 0.2) is 0 Å². The second kappa shape index (κ2) is 6.80. The summed E-state index contributed by atoms with van der Waals surface area (Å²) in [4.78, 5) is 13.9. The molecule has 0 radical (unpaired) electrons. The fourth-order valence-corrected chi connectivity index (χ4v) is 3.49. The number of benzene rings is 1. The van der Waals surface area contributed by atoms with E-state index in [2.05, 4.69) is 24.8 Å². The molecular weight excluding hydrogens is 286 g/mol. The molecule has 21 heavy (non-hydrogen) atoms. The number of likely N-dealkylation sites (tertiary alicyclic amines) is 1. The van der Waals surface area contributed by atoms with Crippen LogP contribution in [0.1, 0.15) is 43.7 Å². The minimum Gasteiger partial charge on any atom is -0.481 e. The lowest BCUT2D eigenvalue weighted by molar-refractivity contribution is -0.152. The zero-order valence-corrected chi connectivity index (χ0v) is 13.6. The van der Waals surface area contributed by atoms with Gasteiger partial charge in [-0.15, -0.1) is 0 Å². The van der Waals surface area contributed by atoms with Gasteiger partial charge in [0.2, 0.25) is 0 Å². The van der Waals surface area contributed by atoms with E-state index in [0.29, 0.717) is 0 Å². The van der Waals surface area contributed by atoms with Gasteiger partial charge in [-0.3, -0.25) is 9.69 Å². The molecular formula is C17H24ClNO2. The molecule has 0 aliphatic carbocycles. The Morgan fingerprint density at radius 2 is 2.05 bits per heavy atom. The fourth-order valence-electron chi connectivity index (χ4n) is 3.27. The summed E-state index contributed by atoms with van der Waals surface area (Å²) in [6, 6.07) is 5.98. The monoisotopic (exact) mass is 309 g/mol. The maximum Gasteiger partial charge on any atom is 0.309 e. The van der Waals surface area contributed by atoms with Crippen LogP contribution in [0.25, 0.3) is 0 Å². The van der Waals surface area contributed by atoms with E-state index >= 15 is 0 Å². The van der Waals surface area contributed by atoms with Crippen molar-refractivity contribution < 1.29 is 9.90 Å². The van der Waals surface area contributed by atoms with Crippen molar-refractivity contribution in [2.45, 2.75) is 46.1 Å². The van der Waals surface area contributed by atoms with Gasteiger partial charge in [0.05, 0.1) is 5.41 Å². The summed E-state index contributed by atoms with van der Waals surface area (Å²) < 4.78 is 0. The maximum absolute atomic E-state index is 11.6. The van der Waals surface area contributed by atoms with E-state index in [9.17, 15) is 9.90 Å². The van der Waals surface area contributed by atoms with Crippen molar-refractivity contribution in [2.75, 3.05) is 13.1 Å². The zero-order valence-electron chi connectivity index (χ0n) is 12.9. The van der Waals surface area contributed by atoms with Crippen LogP contribution in [0, 0.1) is 12.3 Å². The number of halogens is 1. The van der Waals surface area contributed by atoms with Gasteiger partial charge in [0, 0.05) is 11.6 Å². The van der Waals surface area contributed by atoms with Gasteiger partial charge in [-0.05, 0) is 62.5 Å². The Labute approximate surface area is 131 Å². The first kappa shape index (κ1) is 16.3. The van der Waals surface area contributed by atoms with Gasteiger partial charge in [-0.2, -0.15) is 0 Å². The third-order valence-electron chi connectivity index (χ3n) is 4.69. The molecule has 4 heteroatoms. The second-order valence-electron chi connectivity index (χ2n) is 6.18. The van der Waals surface area contributed by atoms with Crippen molar-refractivity contribution >= 4 is 17.6 Å². The summed E-state index contributed by atoms with van der Waals surface area (Å²) in [5.74, 6) is -0.619. The second-order valence-corrected chi connectivity index (χ2v) is 6.62. The molecule has 1 aliphatic rings. The molecule has 0 unspecified atom stereocenters. The highest BCUT2D eigenvalue weighted by atomic mass is 35.5. The molecule has 116 valence electrons. The summed E-state index contributed by atoms with van der Waals surface area (Å²) in [6.45, 7) is 6.73. The Morgan fingerprint density at radius 3 is 2.57 bits per heavy atom. The van der Waals surface area contributed by atoms with Crippen LogP contribution in [0.5, 0.6) is 0 Å². The maximum atomic E-state index is 11.6. The number of aliphatic carboxylic acids is 1. The molecule has 0 bridgehead atoms. The molecule has 2 rings (SSSR count). The Kier molecular flexibility index (Phi) is 5.28. The Bertz CT molecular complexity index is 508. The number of rotatable bonds is 5. The van der Waals surface area contributed by atoms with E-state index in [1.165, 1.54) is 11.1 Å². The molecule has 1 heterocycles. The standard InChI is InChI=1S/C17H24ClNO2/c1-3-6-17(16(20)21)7-9-19(10-8-17)12-14-4-5-15(18)11-13(14)2/h4-5,11H,3,6-10,12H2,1-2H3,(H,20,21). The van der Waals surface area contributed by atoms with Crippen LogP contribution < -0.4 is 0 Å². The third kappa shape index (κ3) is 3.78. The molecule has 0 spiro atoms. The lowest BCUT2D eigenvalue weighted by Crippen LogP contribution is -2.44. The third-order valence-corrected chi connectivity index (χ3v) is 4.93. The van der Waals surface area contributed by atoms with E-state index in [0.717, 1.165) is 50.3 Å². The van der Waals surface area contributed by atoms with E-state index < -0.39 is 11.4 Å². The van der Waals surface area contributed by atoms with Crippen molar-refractivity contribution in [3.05, 3.63) is 34.3 Å². The molecule has 1 saturated heterocycles. The van der Waals surface area contributed by atoms with Gasteiger partial charge in [-0.1, -0.05) is 31.0 Å². The molecule has 0 amide bonds. The average Bonchev–Trinajstić information content (AvgIpc) is 2.44. The number of hydrogen-bond acceptors (Lipinski definition) is 2.